The van der Waals surface area contributed by atoms with Gasteiger partial charge in [-0.15, -0.1) is 0 Å². The summed E-state index contributed by atoms with van der Waals surface area (Å²) in [4.78, 5) is 10.5. The Kier molecular flexibility index (Phi) is 4.65. The van der Waals surface area contributed by atoms with Gasteiger partial charge in [-0.3, -0.25) is 0 Å². The van der Waals surface area contributed by atoms with E-state index in [2.05, 4.69) is 6.92 Å². The molecule has 1 rings (SSSR count). The predicted octanol–water partition coefficient (Wildman–Crippen LogP) is 2.74. The summed E-state index contributed by atoms with van der Waals surface area (Å²) in [6.07, 6.45) is 5.67. The lowest BCUT2D eigenvalue weighted by molar-refractivity contribution is -0.0145. The molecule has 13 heavy (non-hydrogen) atoms. The summed E-state index contributed by atoms with van der Waals surface area (Å²) in [5, 5.41) is 0. The summed E-state index contributed by atoms with van der Waals surface area (Å²) >= 11 is 0. The van der Waals surface area contributed by atoms with Gasteiger partial charge in [0, 0.05) is 5.92 Å². The zero-order valence-electron chi connectivity index (χ0n) is 8.25. The second-order valence-corrected chi connectivity index (χ2v) is 3.59. The van der Waals surface area contributed by atoms with E-state index in [-0.39, 0.29) is 0 Å². The summed E-state index contributed by atoms with van der Waals surface area (Å²) in [6, 6.07) is 0. The van der Waals surface area contributed by atoms with E-state index in [1.54, 1.807) is 0 Å². The van der Waals surface area contributed by atoms with E-state index in [9.17, 15) is 4.79 Å². The predicted molar refractivity (Wildman–Crippen MR) is 49.5 cm³/mol. The molecule has 76 valence electrons. The fraction of sp³-hybridized carbons (Fsp3) is 0.900. The van der Waals surface area contributed by atoms with Crippen molar-refractivity contribution < 1.29 is 14.3 Å². The average molecular weight is 186 g/mol. The van der Waals surface area contributed by atoms with Crippen LogP contribution in [0.1, 0.15) is 39.0 Å². The lowest BCUT2D eigenvalue weighted by Crippen LogP contribution is -2.27. The number of carbonyl (C=O) groups excluding carboxylic acids is 1. The van der Waals surface area contributed by atoms with E-state index in [4.69, 9.17) is 9.47 Å². The van der Waals surface area contributed by atoms with Crippen LogP contribution in [0.3, 0.4) is 0 Å². The Bertz CT molecular complexity index is 146. The van der Waals surface area contributed by atoms with Gasteiger partial charge >= 0.3 is 6.16 Å². The van der Waals surface area contributed by atoms with Gasteiger partial charge in [-0.05, 0) is 6.42 Å². The van der Waals surface area contributed by atoms with Crippen LogP contribution in [0.5, 0.6) is 0 Å². The van der Waals surface area contributed by atoms with Gasteiger partial charge < -0.3 is 9.47 Å². The summed E-state index contributed by atoms with van der Waals surface area (Å²) in [5.41, 5.74) is 0. The standard InChI is InChI=1S/C10H18O3/c1-2-3-4-5-6-9-7-12-10(11)13-8-9/h9H,2-8H2,1H3. The van der Waals surface area contributed by atoms with Crippen LogP contribution in [0.25, 0.3) is 0 Å². The van der Waals surface area contributed by atoms with Gasteiger partial charge in [0.25, 0.3) is 0 Å². The van der Waals surface area contributed by atoms with Crippen molar-refractivity contribution in [1.82, 2.24) is 0 Å². The van der Waals surface area contributed by atoms with Crippen molar-refractivity contribution in [3.8, 4) is 0 Å². The van der Waals surface area contributed by atoms with Gasteiger partial charge in [0.2, 0.25) is 0 Å². The number of rotatable bonds is 5. The van der Waals surface area contributed by atoms with Crippen molar-refractivity contribution in [2.75, 3.05) is 13.2 Å². The number of hydrogen-bond acceptors (Lipinski definition) is 3. The molecule has 0 unspecified atom stereocenters. The zero-order valence-corrected chi connectivity index (χ0v) is 8.25. The molecule has 1 heterocycles. The highest BCUT2D eigenvalue weighted by Crippen LogP contribution is 2.15. The van der Waals surface area contributed by atoms with Gasteiger partial charge in [0.05, 0.1) is 0 Å². The average Bonchev–Trinajstić information content (AvgIpc) is 2.15. The molecule has 0 atom stereocenters. The fourth-order valence-corrected chi connectivity index (χ4v) is 1.49. The Morgan fingerprint density at radius 3 is 2.54 bits per heavy atom. The highest BCUT2D eigenvalue weighted by molar-refractivity contribution is 5.60. The molecule has 0 saturated carbocycles. The zero-order chi connectivity index (χ0) is 9.52. The molecule has 0 N–H and O–H groups in total. The maximum absolute atomic E-state index is 10.5. The molecule has 0 spiro atoms. The molecule has 1 aliphatic heterocycles. The minimum atomic E-state index is -0.509. The molecule has 0 aliphatic carbocycles. The number of unbranched alkanes of at least 4 members (excludes halogenated alkanes) is 3. The molecule has 0 aromatic rings. The normalized spacial score (nSPS) is 18.1. The van der Waals surface area contributed by atoms with E-state index < -0.39 is 6.16 Å². The summed E-state index contributed by atoms with van der Waals surface area (Å²) < 4.78 is 9.57. The SMILES string of the molecule is CCCCCCC1COC(=O)OC1. The summed E-state index contributed by atoms with van der Waals surface area (Å²) in [7, 11) is 0. The highest BCUT2D eigenvalue weighted by Gasteiger charge is 2.19. The van der Waals surface area contributed by atoms with Crippen LogP contribution in [0.2, 0.25) is 0 Å². The van der Waals surface area contributed by atoms with Crippen molar-refractivity contribution in [1.29, 1.82) is 0 Å². The molecule has 0 amide bonds. The molecule has 0 aromatic carbocycles. The van der Waals surface area contributed by atoms with Crippen LogP contribution in [0.4, 0.5) is 4.79 Å². The molecule has 3 nitrogen and oxygen atoms in total. The van der Waals surface area contributed by atoms with E-state index in [0.29, 0.717) is 19.1 Å². The maximum Gasteiger partial charge on any atom is 0.508 e. The van der Waals surface area contributed by atoms with Crippen molar-refractivity contribution in [2.45, 2.75) is 39.0 Å². The minimum absolute atomic E-state index is 0.426. The first-order chi connectivity index (χ1) is 6.33. The van der Waals surface area contributed by atoms with Crippen LogP contribution in [0.15, 0.2) is 0 Å². The van der Waals surface area contributed by atoms with Crippen molar-refractivity contribution >= 4 is 6.16 Å². The Balaban J connectivity index is 1.99. The van der Waals surface area contributed by atoms with Crippen LogP contribution in [-0.2, 0) is 9.47 Å². The second-order valence-electron chi connectivity index (χ2n) is 3.59. The Morgan fingerprint density at radius 1 is 1.23 bits per heavy atom. The number of carbonyl (C=O) groups is 1. The third kappa shape index (κ3) is 4.15. The summed E-state index contributed by atoms with van der Waals surface area (Å²) in [6.45, 7) is 3.29. The van der Waals surface area contributed by atoms with E-state index in [1.807, 2.05) is 0 Å². The number of ether oxygens (including phenoxy) is 2. The van der Waals surface area contributed by atoms with Crippen molar-refractivity contribution in [2.24, 2.45) is 5.92 Å². The molecule has 0 bridgehead atoms. The molecular weight excluding hydrogens is 168 g/mol. The lowest BCUT2D eigenvalue weighted by atomic mass is 10.0. The van der Waals surface area contributed by atoms with Gasteiger partial charge in [-0.1, -0.05) is 32.6 Å². The van der Waals surface area contributed by atoms with Gasteiger partial charge in [0.1, 0.15) is 13.2 Å². The highest BCUT2D eigenvalue weighted by atomic mass is 16.7. The van der Waals surface area contributed by atoms with E-state index in [0.717, 1.165) is 6.42 Å². The molecule has 0 radical (unpaired) electrons. The second kappa shape index (κ2) is 5.84. The number of hydrogen-bond donors (Lipinski definition) is 0. The van der Waals surface area contributed by atoms with Crippen LogP contribution >= 0.6 is 0 Å². The first kappa shape index (κ1) is 10.4. The van der Waals surface area contributed by atoms with E-state index >= 15 is 0 Å². The Labute approximate surface area is 79.4 Å². The maximum atomic E-state index is 10.5. The molecule has 3 heteroatoms. The summed E-state index contributed by atoms with van der Waals surface area (Å²) in [5.74, 6) is 0.426. The fourth-order valence-electron chi connectivity index (χ4n) is 1.49. The van der Waals surface area contributed by atoms with Crippen LogP contribution in [0, 0.1) is 5.92 Å². The third-order valence-corrected chi connectivity index (χ3v) is 2.34. The largest absolute Gasteiger partial charge is 0.508 e. The smallest absolute Gasteiger partial charge is 0.434 e. The lowest BCUT2D eigenvalue weighted by Gasteiger charge is -2.21. The topological polar surface area (TPSA) is 35.5 Å². The minimum Gasteiger partial charge on any atom is -0.434 e. The molecule has 0 aromatic heterocycles. The first-order valence-corrected chi connectivity index (χ1v) is 5.12. The van der Waals surface area contributed by atoms with Crippen LogP contribution < -0.4 is 0 Å². The first-order valence-electron chi connectivity index (χ1n) is 5.12. The third-order valence-electron chi connectivity index (χ3n) is 2.34. The Morgan fingerprint density at radius 2 is 1.92 bits per heavy atom. The van der Waals surface area contributed by atoms with Gasteiger partial charge in [-0.25, -0.2) is 4.79 Å². The van der Waals surface area contributed by atoms with Crippen molar-refractivity contribution in [3.05, 3.63) is 0 Å². The monoisotopic (exact) mass is 186 g/mol. The molecule has 1 saturated heterocycles. The van der Waals surface area contributed by atoms with Gasteiger partial charge in [0.15, 0.2) is 0 Å². The molecule has 1 aliphatic rings. The molecular formula is C10H18O3. The van der Waals surface area contributed by atoms with Crippen LogP contribution in [-0.4, -0.2) is 19.4 Å². The number of cyclic esters (lactones) is 2. The van der Waals surface area contributed by atoms with Crippen molar-refractivity contribution in [3.63, 3.8) is 0 Å². The molecule has 1 fully saturated rings. The van der Waals surface area contributed by atoms with E-state index in [1.165, 1.54) is 25.7 Å². The quantitative estimate of drug-likeness (QED) is 0.489. The Hall–Kier alpha value is -0.730. The van der Waals surface area contributed by atoms with Gasteiger partial charge in [-0.2, -0.15) is 0 Å².